The van der Waals surface area contributed by atoms with Crippen LogP contribution < -0.4 is 16.8 Å². The minimum absolute atomic E-state index is 0.00200. The number of primary amides is 1. The number of nitrogens with zero attached hydrogens (tertiary/aromatic N) is 1. The SMILES string of the molecule is NC(=O)OCc1ccc(NC(=O)C(N)CCN=O)cc1. The van der Waals surface area contributed by atoms with E-state index in [0.29, 0.717) is 5.69 Å². The second kappa shape index (κ2) is 7.85. The zero-order chi connectivity index (χ0) is 15.0. The minimum atomic E-state index is -0.850. The molecule has 1 aromatic carbocycles. The molecule has 0 aliphatic heterocycles. The van der Waals surface area contributed by atoms with E-state index < -0.39 is 18.0 Å². The van der Waals surface area contributed by atoms with Crippen molar-refractivity contribution in [2.75, 3.05) is 11.9 Å². The first-order valence-corrected chi connectivity index (χ1v) is 5.89. The Hall–Kier alpha value is -2.48. The van der Waals surface area contributed by atoms with Gasteiger partial charge in [-0.25, -0.2) is 4.79 Å². The summed E-state index contributed by atoms with van der Waals surface area (Å²) in [6.07, 6.45) is -0.656. The molecular formula is C12H16N4O4. The van der Waals surface area contributed by atoms with Crippen molar-refractivity contribution in [3.63, 3.8) is 0 Å². The van der Waals surface area contributed by atoms with Crippen molar-refractivity contribution < 1.29 is 14.3 Å². The van der Waals surface area contributed by atoms with Gasteiger partial charge in [0.2, 0.25) is 5.91 Å². The molecule has 108 valence electrons. The second-order valence-electron chi connectivity index (χ2n) is 4.04. The molecule has 0 aromatic heterocycles. The van der Waals surface area contributed by atoms with E-state index in [1.165, 1.54) is 0 Å². The van der Waals surface area contributed by atoms with E-state index in [1.807, 2.05) is 0 Å². The Labute approximate surface area is 115 Å². The molecule has 0 bridgehead atoms. The fourth-order valence-corrected chi connectivity index (χ4v) is 1.40. The van der Waals surface area contributed by atoms with Gasteiger partial charge < -0.3 is 21.5 Å². The van der Waals surface area contributed by atoms with Gasteiger partial charge in [-0.3, -0.25) is 4.79 Å². The van der Waals surface area contributed by atoms with Crippen LogP contribution in [0.5, 0.6) is 0 Å². The Morgan fingerprint density at radius 2 is 1.95 bits per heavy atom. The number of carbonyl (C=O) groups is 2. The largest absolute Gasteiger partial charge is 0.445 e. The van der Waals surface area contributed by atoms with Crippen LogP contribution in [0.4, 0.5) is 10.5 Å². The fraction of sp³-hybridized carbons (Fsp3) is 0.333. The van der Waals surface area contributed by atoms with Gasteiger partial charge in [-0.05, 0) is 24.1 Å². The minimum Gasteiger partial charge on any atom is -0.445 e. The van der Waals surface area contributed by atoms with Gasteiger partial charge in [-0.15, -0.1) is 0 Å². The molecule has 8 nitrogen and oxygen atoms in total. The average Bonchev–Trinajstić information content (AvgIpc) is 2.43. The summed E-state index contributed by atoms with van der Waals surface area (Å²) in [6, 6.07) is 5.85. The van der Waals surface area contributed by atoms with E-state index in [9.17, 15) is 14.5 Å². The number of rotatable bonds is 7. The molecule has 2 amide bonds. The molecule has 8 heteroatoms. The summed E-state index contributed by atoms with van der Waals surface area (Å²) in [5, 5.41) is 5.25. The molecule has 0 fully saturated rings. The zero-order valence-electron chi connectivity index (χ0n) is 10.7. The molecule has 0 spiro atoms. The van der Waals surface area contributed by atoms with Crippen LogP contribution in [0.25, 0.3) is 0 Å². The Balaban J connectivity index is 2.50. The summed E-state index contributed by atoms with van der Waals surface area (Å²) in [6.45, 7) is 0.0616. The van der Waals surface area contributed by atoms with Crippen molar-refractivity contribution in [1.82, 2.24) is 0 Å². The summed E-state index contributed by atoms with van der Waals surface area (Å²) < 4.78 is 4.62. The summed E-state index contributed by atoms with van der Waals surface area (Å²) in [7, 11) is 0. The number of nitroso groups, excluding NO2 is 1. The lowest BCUT2D eigenvalue weighted by molar-refractivity contribution is -0.117. The molecule has 0 aliphatic carbocycles. The predicted octanol–water partition coefficient (Wildman–Crippen LogP) is 0.704. The summed E-state index contributed by atoms with van der Waals surface area (Å²) in [4.78, 5) is 32.1. The van der Waals surface area contributed by atoms with E-state index >= 15 is 0 Å². The lowest BCUT2D eigenvalue weighted by Gasteiger charge is -2.11. The Morgan fingerprint density at radius 3 is 2.50 bits per heavy atom. The molecule has 0 aliphatic rings. The first kappa shape index (κ1) is 15.6. The first-order chi connectivity index (χ1) is 9.52. The molecule has 0 saturated heterocycles. The van der Waals surface area contributed by atoms with Crippen LogP contribution in [0.2, 0.25) is 0 Å². The Bertz CT molecular complexity index is 475. The highest BCUT2D eigenvalue weighted by Crippen LogP contribution is 2.11. The number of ether oxygens (including phenoxy) is 1. The molecule has 1 atom stereocenters. The number of nitrogens with two attached hydrogens (primary N) is 2. The lowest BCUT2D eigenvalue weighted by atomic mass is 10.2. The van der Waals surface area contributed by atoms with Gasteiger partial charge in [0.25, 0.3) is 0 Å². The molecule has 1 unspecified atom stereocenters. The molecule has 0 radical (unpaired) electrons. The summed E-state index contributed by atoms with van der Waals surface area (Å²) in [5.41, 5.74) is 11.7. The monoisotopic (exact) mass is 280 g/mol. The fourth-order valence-electron chi connectivity index (χ4n) is 1.40. The number of benzene rings is 1. The van der Waals surface area contributed by atoms with Crippen LogP contribution in [0, 0.1) is 4.91 Å². The van der Waals surface area contributed by atoms with Crippen molar-refractivity contribution in [3.05, 3.63) is 34.7 Å². The number of carbonyl (C=O) groups excluding carboxylic acids is 2. The van der Waals surface area contributed by atoms with Crippen LogP contribution in [0.1, 0.15) is 12.0 Å². The quantitative estimate of drug-likeness (QED) is 0.631. The van der Waals surface area contributed by atoms with E-state index in [0.717, 1.165) is 5.56 Å². The van der Waals surface area contributed by atoms with Gasteiger partial charge >= 0.3 is 6.09 Å². The summed E-state index contributed by atoms with van der Waals surface area (Å²) >= 11 is 0. The molecule has 1 aromatic rings. The highest BCUT2D eigenvalue weighted by molar-refractivity contribution is 5.94. The number of hydrogen-bond acceptors (Lipinski definition) is 6. The standard InChI is InChI=1S/C12H16N4O4/c13-10(5-6-15-19)11(17)16-9-3-1-8(2-4-9)7-20-12(14)18/h1-4,10H,5-7,13H2,(H2,14,18)(H,16,17). The molecular weight excluding hydrogens is 264 g/mol. The van der Waals surface area contributed by atoms with Crippen LogP contribution in [-0.2, 0) is 16.1 Å². The Kier molecular flexibility index (Phi) is 6.11. The third kappa shape index (κ3) is 5.44. The number of amides is 2. The van der Waals surface area contributed by atoms with Gasteiger partial charge in [0.1, 0.15) is 6.61 Å². The second-order valence-corrected chi connectivity index (χ2v) is 4.04. The highest BCUT2D eigenvalue weighted by Gasteiger charge is 2.13. The number of hydrogen-bond donors (Lipinski definition) is 3. The van der Waals surface area contributed by atoms with Gasteiger partial charge in [0.15, 0.2) is 0 Å². The number of anilines is 1. The Morgan fingerprint density at radius 1 is 1.30 bits per heavy atom. The van der Waals surface area contributed by atoms with Crippen LogP contribution in [-0.4, -0.2) is 24.6 Å². The van der Waals surface area contributed by atoms with Crippen molar-refractivity contribution >= 4 is 17.7 Å². The maximum Gasteiger partial charge on any atom is 0.404 e. The normalized spacial score (nSPS) is 11.4. The van der Waals surface area contributed by atoms with Crippen LogP contribution in [0.15, 0.2) is 29.4 Å². The van der Waals surface area contributed by atoms with Crippen molar-refractivity contribution in [3.8, 4) is 0 Å². The van der Waals surface area contributed by atoms with Crippen molar-refractivity contribution in [2.45, 2.75) is 19.1 Å². The van der Waals surface area contributed by atoms with Crippen molar-refractivity contribution in [1.29, 1.82) is 0 Å². The molecule has 5 N–H and O–H groups in total. The predicted molar refractivity (Wildman–Crippen MR) is 72.7 cm³/mol. The van der Waals surface area contributed by atoms with Gasteiger partial charge in [0, 0.05) is 5.69 Å². The third-order valence-corrected chi connectivity index (χ3v) is 2.47. The number of nitrogens with one attached hydrogen (secondary N) is 1. The van der Waals surface area contributed by atoms with Crippen molar-refractivity contribution in [2.24, 2.45) is 16.6 Å². The maximum absolute atomic E-state index is 11.7. The van der Waals surface area contributed by atoms with E-state index in [-0.39, 0.29) is 19.6 Å². The zero-order valence-corrected chi connectivity index (χ0v) is 10.7. The molecule has 0 heterocycles. The van der Waals surface area contributed by atoms with Crippen LogP contribution >= 0.6 is 0 Å². The molecule has 20 heavy (non-hydrogen) atoms. The lowest BCUT2D eigenvalue weighted by Crippen LogP contribution is -2.36. The summed E-state index contributed by atoms with van der Waals surface area (Å²) in [5.74, 6) is -0.394. The topological polar surface area (TPSA) is 137 Å². The maximum atomic E-state index is 11.7. The van der Waals surface area contributed by atoms with Gasteiger partial charge in [-0.1, -0.05) is 17.3 Å². The van der Waals surface area contributed by atoms with Gasteiger partial charge in [-0.2, -0.15) is 4.91 Å². The molecule has 0 saturated carbocycles. The highest BCUT2D eigenvalue weighted by atomic mass is 16.5. The average molecular weight is 280 g/mol. The smallest absolute Gasteiger partial charge is 0.404 e. The van der Waals surface area contributed by atoms with E-state index in [2.05, 4.69) is 15.2 Å². The third-order valence-electron chi connectivity index (χ3n) is 2.47. The van der Waals surface area contributed by atoms with E-state index in [1.54, 1.807) is 24.3 Å². The van der Waals surface area contributed by atoms with Gasteiger partial charge in [0.05, 0.1) is 12.6 Å². The molecule has 1 rings (SSSR count). The van der Waals surface area contributed by atoms with Crippen LogP contribution in [0.3, 0.4) is 0 Å². The first-order valence-electron chi connectivity index (χ1n) is 5.89. The van der Waals surface area contributed by atoms with E-state index in [4.69, 9.17) is 11.5 Å².